The number of hydrogen-bond donors (Lipinski definition) is 1. The van der Waals surface area contributed by atoms with Gasteiger partial charge in [0, 0.05) is 24.2 Å². The topological polar surface area (TPSA) is 28.4 Å². The Labute approximate surface area is 131 Å². The zero-order chi connectivity index (χ0) is 15.2. The summed E-state index contributed by atoms with van der Waals surface area (Å²) in [4.78, 5) is 2.31. The van der Waals surface area contributed by atoms with Crippen molar-refractivity contribution in [3.05, 3.63) is 59.0 Å². The Bertz CT molecular complexity index is 541. The maximum absolute atomic E-state index is 6.06. The highest BCUT2D eigenvalue weighted by molar-refractivity contribution is 6.30. The number of halogens is 1. The molecule has 114 valence electrons. The molecule has 1 N–H and O–H groups in total. The predicted molar refractivity (Wildman–Crippen MR) is 87.6 cm³/mol. The summed E-state index contributed by atoms with van der Waals surface area (Å²) >= 11 is 6.06. The molecule has 1 aromatic carbocycles. The van der Waals surface area contributed by atoms with E-state index in [0.717, 1.165) is 23.9 Å². The minimum absolute atomic E-state index is 0.231. The van der Waals surface area contributed by atoms with Crippen molar-refractivity contribution in [2.45, 2.75) is 25.9 Å². The first-order valence-electron chi connectivity index (χ1n) is 7.30. The molecule has 0 radical (unpaired) electrons. The summed E-state index contributed by atoms with van der Waals surface area (Å²) in [5, 5.41) is 4.26. The average molecular weight is 307 g/mol. The van der Waals surface area contributed by atoms with Gasteiger partial charge in [0.05, 0.1) is 12.3 Å². The molecule has 2 unspecified atom stereocenters. The number of hydrogen-bond acceptors (Lipinski definition) is 3. The maximum atomic E-state index is 6.06. The van der Waals surface area contributed by atoms with E-state index >= 15 is 0 Å². The van der Waals surface area contributed by atoms with E-state index in [0.29, 0.717) is 6.04 Å². The molecule has 4 heteroatoms. The smallest absolute Gasteiger partial charge is 0.120 e. The SMILES string of the molecule is CC(NCCN(C)C(C)c1cccc(Cl)c1)c1ccco1. The first-order chi connectivity index (χ1) is 10.1. The van der Waals surface area contributed by atoms with E-state index in [2.05, 4.69) is 37.2 Å². The molecule has 0 fully saturated rings. The van der Waals surface area contributed by atoms with Gasteiger partial charge >= 0.3 is 0 Å². The van der Waals surface area contributed by atoms with Gasteiger partial charge < -0.3 is 9.73 Å². The molecule has 0 aliphatic carbocycles. The second-order valence-corrected chi connectivity index (χ2v) is 5.84. The summed E-state index contributed by atoms with van der Waals surface area (Å²) in [6.45, 7) is 6.17. The average Bonchev–Trinajstić information content (AvgIpc) is 3.00. The molecule has 1 heterocycles. The minimum Gasteiger partial charge on any atom is -0.468 e. The fourth-order valence-corrected chi connectivity index (χ4v) is 2.51. The normalized spacial score (nSPS) is 14.3. The Kier molecular flexibility index (Phi) is 5.85. The fourth-order valence-electron chi connectivity index (χ4n) is 2.31. The Morgan fingerprint density at radius 3 is 2.71 bits per heavy atom. The van der Waals surface area contributed by atoms with Crippen LogP contribution in [0, 0.1) is 0 Å². The second kappa shape index (κ2) is 7.64. The lowest BCUT2D eigenvalue weighted by molar-refractivity contribution is 0.256. The minimum atomic E-state index is 0.231. The summed E-state index contributed by atoms with van der Waals surface area (Å²) in [5.41, 5.74) is 1.24. The third-order valence-corrected chi connectivity index (χ3v) is 4.11. The third kappa shape index (κ3) is 4.60. The number of nitrogens with zero attached hydrogens (tertiary/aromatic N) is 1. The van der Waals surface area contributed by atoms with E-state index in [-0.39, 0.29) is 6.04 Å². The van der Waals surface area contributed by atoms with Crippen molar-refractivity contribution in [1.82, 2.24) is 10.2 Å². The highest BCUT2D eigenvalue weighted by Crippen LogP contribution is 2.21. The van der Waals surface area contributed by atoms with Crippen molar-refractivity contribution in [3.63, 3.8) is 0 Å². The Morgan fingerprint density at radius 1 is 1.24 bits per heavy atom. The monoisotopic (exact) mass is 306 g/mol. The van der Waals surface area contributed by atoms with E-state index in [4.69, 9.17) is 16.0 Å². The Morgan fingerprint density at radius 2 is 2.05 bits per heavy atom. The van der Waals surface area contributed by atoms with E-state index in [1.165, 1.54) is 5.56 Å². The largest absolute Gasteiger partial charge is 0.468 e. The molecule has 1 aromatic heterocycles. The van der Waals surface area contributed by atoms with Gasteiger partial charge in [-0.1, -0.05) is 23.7 Å². The van der Waals surface area contributed by atoms with Crippen LogP contribution in [-0.2, 0) is 0 Å². The second-order valence-electron chi connectivity index (χ2n) is 5.40. The van der Waals surface area contributed by atoms with Crippen LogP contribution in [0.5, 0.6) is 0 Å². The summed E-state index contributed by atoms with van der Waals surface area (Å²) in [6, 6.07) is 12.5. The first-order valence-corrected chi connectivity index (χ1v) is 7.68. The van der Waals surface area contributed by atoms with E-state index in [1.807, 2.05) is 30.3 Å². The van der Waals surface area contributed by atoms with Crippen LogP contribution in [0.25, 0.3) is 0 Å². The molecule has 0 saturated carbocycles. The van der Waals surface area contributed by atoms with Gasteiger partial charge in [-0.05, 0) is 50.7 Å². The molecule has 0 aliphatic rings. The number of furan rings is 1. The van der Waals surface area contributed by atoms with Crippen molar-refractivity contribution in [2.24, 2.45) is 0 Å². The molecule has 0 amide bonds. The quantitative estimate of drug-likeness (QED) is 0.828. The van der Waals surface area contributed by atoms with Gasteiger partial charge in [0.15, 0.2) is 0 Å². The van der Waals surface area contributed by atoms with Crippen molar-refractivity contribution >= 4 is 11.6 Å². The van der Waals surface area contributed by atoms with Crippen LogP contribution in [0.2, 0.25) is 5.02 Å². The van der Waals surface area contributed by atoms with E-state index in [9.17, 15) is 0 Å². The maximum Gasteiger partial charge on any atom is 0.120 e. The molecule has 0 bridgehead atoms. The number of nitrogens with one attached hydrogen (secondary N) is 1. The zero-order valence-corrected chi connectivity index (χ0v) is 13.6. The number of benzene rings is 1. The third-order valence-electron chi connectivity index (χ3n) is 3.88. The van der Waals surface area contributed by atoms with Gasteiger partial charge in [-0.25, -0.2) is 0 Å². The lowest BCUT2D eigenvalue weighted by Gasteiger charge is -2.26. The van der Waals surface area contributed by atoms with E-state index < -0.39 is 0 Å². The van der Waals surface area contributed by atoms with Crippen LogP contribution in [0.1, 0.15) is 37.3 Å². The van der Waals surface area contributed by atoms with Crippen molar-refractivity contribution in [1.29, 1.82) is 0 Å². The van der Waals surface area contributed by atoms with Crippen LogP contribution >= 0.6 is 11.6 Å². The molecule has 21 heavy (non-hydrogen) atoms. The van der Waals surface area contributed by atoms with Crippen LogP contribution in [-0.4, -0.2) is 25.0 Å². The summed E-state index contributed by atoms with van der Waals surface area (Å²) in [6.07, 6.45) is 1.71. The van der Waals surface area contributed by atoms with E-state index in [1.54, 1.807) is 6.26 Å². The van der Waals surface area contributed by atoms with Crippen molar-refractivity contribution < 1.29 is 4.42 Å². The van der Waals surface area contributed by atoms with Gasteiger partial charge in [0.25, 0.3) is 0 Å². The highest BCUT2D eigenvalue weighted by Gasteiger charge is 2.13. The Hall–Kier alpha value is -1.29. The molecule has 2 atom stereocenters. The van der Waals surface area contributed by atoms with Crippen molar-refractivity contribution in [2.75, 3.05) is 20.1 Å². The van der Waals surface area contributed by atoms with Gasteiger partial charge in [-0.2, -0.15) is 0 Å². The van der Waals surface area contributed by atoms with Crippen LogP contribution in [0.3, 0.4) is 0 Å². The van der Waals surface area contributed by atoms with Gasteiger partial charge in [-0.15, -0.1) is 0 Å². The number of rotatable bonds is 7. The number of likely N-dealkylation sites (N-methyl/N-ethyl adjacent to an activating group) is 1. The van der Waals surface area contributed by atoms with Gasteiger partial charge in [0.1, 0.15) is 5.76 Å². The standard InChI is InChI=1S/C17H23ClN2O/c1-13(17-8-5-11-21-17)19-9-10-20(3)14(2)15-6-4-7-16(18)12-15/h4-8,11-14,19H,9-10H2,1-3H3. The molecule has 0 saturated heterocycles. The highest BCUT2D eigenvalue weighted by atomic mass is 35.5. The predicted octanol–water partition coefficient (Wildman–Crippen LogP) is 4.28. The molecular weight excluding hydrogens is 284 g/mol. The lowest BCUT2D eigenvalue weighted by Crippen LogP contribution is -2.32. The van der Waals surface area contributed by atoms with Gasteiger partial charge in [-0.3, -0.25) is 4.90 Å². The molecule has 2 rings (SSSR count). The van der Waals surface area contributed by atoms with Crippen molar-refractivity contribution in [3.8, 4) is 0 Å². The van der Waals surface area contributed by atoms with Gasteiger partial charge in [0.2, 0.25) is 0 Å². The molecule has 2 aromatic rings. The molecule has 0 spiro atoms. The summed E-state index contributed by atoms with van der Waals surface area (Å²) < 4.78 is 5.39. The molecule has 3 nitrogen and oxygen atoms in total. The summed E-state index contributed by atoms with van der Waals surface area (Å²) in [5.74, 6) is 0.973. The summed E-state index contributed by atoms with van der Waals surface area (Å²) in [7, 11) is 2.13. The van der Waals surface area contributed by atoms with Crippen LogP contribution in [0.4, 0.5) is 0 Å². The molecular formula is C17H23ClN2O. The van der Waals surface area contributed by atoms with Crippen LogP contribution < -0.4 is 5.32 Å². The first kappa shape index (κ1) is 16.1. The molecule has 0 aliphatic heterocycles. The fraction of sp³-hybridized carbons (Fsp3) is 0.412. The Balaban J connectivity index is 1.80. The van der Waals surface area contributed by atoms with Crippen LogP contribution in [0.15, 0.2) is 47.1 Å². The zero-order valence-electron chi connectivity index (χ0n) is 12.8. The lowest BCUT2D eigenvalue weighted by atomic mass is 10.1.